The van der Waals surface area contributed by atoms with Gasteiger partial charge in [-0.25, -0.2) is 0 Å². The third kappa shape index (κ3) is 3.42. The summed E-state index contributed by atoms with van der Waals surface area (Å²) in [5, 5.41) is 1.03. The third-order valence-electron chi connectivity index (χ3n) is 3.61. The lowest BCUT2D eigenvalue weighted by Crippen LogP contribution is -2.09. The quantitative estimate of drug-likeness (QED) is 0.621. The molecule has 0 amide bonds. The summed E-state index contributed by atoms with van der Waals surface area (Å²) in [7, 11) is 0. The third-order valence-corrected chi connectivity index (χ3v) is 4.10. The highest BCUT2D eigenvalue weighted by molar-refractivity contribution is 9.10. The molecule has 0 saturated carbocycles. The monoisotopic (exact) mass is 369 g/mol. The Balaban J connectivity index is 2.19. The maximum absolute atomic E-state index is 11.9. The molecule has 1 heterocycles. The predicted octanol–water partition coefficient (Wildman–Crippen LogP) is 4.77. The number of hydrogen-bond donors (Lipinski definition) is 0. The van der Waals surface area contributed by atoms with E-state index < -0.39 is 0 Å². The second kappa shape index (κ2) is 6.92. The summed E-state index contributed by atoms with van der Waals surface area (Å²) >= 11 is 3.52. The molecule has 0 atom stereocenters. The predicted molar refractivity (Wildman–Crippen MR) is 95.2 cm³/mol. The standard InChI is InChI=1S/C19H16BrNO2/c1-2-23-18(22)11-14-12-21-17-9-4-3-8-16(17)19(14)13-6-5-7-15(20)10-13/h3-10,12H,2,11H2,1H3. The lowest BCUT2D eigenvalue weighted by molar-refractivity contribution is -0.142. The number of carbonyl (C=O) groups is 1. The van der Waals surface area contributed by atoms with Crippen molar-refractivity contribution < 1.29 is 9.53 Å². The molecule has 23 heavy (non-hydrogen) atoms. The number of pyridine rings is 1. The fraction of sp³-hybridized carbons (Fsp3) is 0.158. The number of benzene rings is 2. The zero-order chi connectivity index (χ0) is 16.2. The minimum atomic E-state index is -0.235. The highest BCUT2D eigenvalue weighted by Gasteiger charge is 2.14. The van der Waals surface area contributed by atoms with Crippen molar-refractivity contribution in [3.8, 4) is 11.1 Å². The molecule has 3 rings (SSSR count). The lowest BCUT2D eigenvalue weighted by atomic mass is 9.95. The Morgan fingerprint density at radius 3 is 2.78 bits per heavy atom. The zero-order valence-corrected chi connectivity index (χ0v) is 14.3. The van der Waals surface area contributed by atoms with Crippen LogP contribution in [0, 0.1) is 0 Å². The van der Waals surface area contributed by atoms with E-state index in [1.807, 2.05) is 49.4 Å². The molecule has 0 aliphatic rings. The van der Waals surface area contributed by atoms with Crippen molar-refractivity contribution >= 4 is 32.8 Å². The molecule has 0 fully saturated rings. The van der Waals surface area contributed by atoms with Crippen LogP contribution in [0.2, 0.25) is 0 Å². The maximum Gasteiger partial charge on any atom is 0.310 e. The summed E-state index contributed by atoms with van der Waals surface area (Å²) in [6.07, 6.45) is 1.99. The number of aromatic nitrogens is 1. The average Bonchev–Trinajstić information content (AvgIpc) is 2.55. The molecule has 0 aliphatic heterocycles. The molecule has 4 heteroatoms. The minimum Gasteiger partial charge on any atom is -0.466 e. The number of esters is 1. The first-order valence-electron chi connectivity index (χ1n) is 7.47. The van der Waals surface area contributed by atoms with Gasteiger partial charge in [0, 0.05) is 16.1 Å². The van der Waals surface area contributed by atoms with Crippen LogP contribution in [0.4, 0.5) is 0 Å². The van der Waals surface area contributed by atoms with Gasteiger partial charge in [-0.2, -0.15) is 0 Å². The minimum absolute atomic E-state index is 0.216. The van der Waals surface area contributed by atoms with Crippen LogP contribution in [-0.4, -0.2) is 17.6 Å². The van der Waals surface area contributed by atoms with Crippen molar-refractivity contribution in [1.29, 1.82) is 0 Å². The molecular weight excluding hydrogens is 354 g/mol. The number of halogens is 1. The van der Waals surface area contributed by atoms with Crippen LogP contribution in [0.5, 0.6) is 0 Å². The molecule has 3 nitrogen and oxygen atoms in total. The Morgan fingerprint density at radius 2 is 2.00 bits per heavy atom. The molecule has 0 N–H and O–H groups in total. The molecule has 2 aromatic carbocycles. The first-order valence-corrected chi connectivity index (χ1v) is 8.26. The fourth-order valence-corrected chi connectivity index (χ4v) is 3.07. The van der Waals surface area contributed by atoms with E-state index >= 15 is 0 Å². The van der Waals surface area contributed by atoms with Crippen molar-refractivity contribution in [1.82, 2.24) is 4.98 Å². The topological polar surface area (TPSA) is 39.2 Å². The van der Waals surface area contributed by atoms with Gasteiger partial charge in [0.1, 0.15) is 0 Å². The SMILES string of the molecule is CCOC(=O)Cc1cnc2ccccc2c1-c1cccc(Br)c1. The number of carbonyl (C=O) groups excluding carboxylic acids is 1. The van der Waals surface area contributed by atoms with Crippen LogP contribution in [0.3, 0.4) is 0 Å². The van der Waals surface area contributed by atoms with Gasteiger partial charge in [0.05, 0.1) is 18.5 Å². The molecule has 1 aromatic heterocycles. The van der Waals surface area contributed by atoms with Crippen molar-refractivity contribution in [3.63, 3.8) is 0 Å². The van der Waals surface area contributed by atoms with Crippen LogP contribution in [-0.2, 0) is 16.0 Å². The van der Waals surface area contributed by atoms with E-state index in [4.69, 9.17) is 4.74 Å². The zero-order valence-electron chi connectivity index (χ0n) is 12.8. The van der Waals surface area contributed by atoms with Gasteiger partial charge in [0.15, 0.2) is 0 Å². The van der Waals surface area contributed by atoms with E-state index in [0.29, 0.717) is 6.61 Å². The Kier molecular flexibility index (Phi) is 4.72. The number of ether oxygens (including phenoxy) is 1. The van der Waals surface area contributed by atoms with Gasteiger partial charge in [0.25, 0.3) is 0 Å². The summed E-state index contributed by atoms with van der Waals surface area (Å²) < 4.78 is 6.09. The molecule has 0 aliphatic carbocycles. The van der Waals surface area contributed by atoms with Crippen LogP contribution in [0.1, 0.15) is 12.5 Å². The highest BCUT2D eigenvalue weighted by atomic mass is 79.9. The Hall–Kier alpha value is -2.20. The van der Waals surface area contributed by atoms with Crippen molar-refractivity contribution in [3.05, 3.63) is 64.8 Å². The summed E-state index contributed by atoms with van der Waals surface area (Å²) in [6, 6.07) is 16.0. The van der Waals surface area contributed by atoms with Gasteiger partial charge in [0.2, 0.25) is 0 Å². The number of hydrogen-bond acceptors (Lipinski definition) is 3. The second-order valence-electron chi connectivity index (χ2n) is 5.17. The van der Waals surface area contributed by atoms with E-state index in [2.05, 4.69) is 27.0 Å². The summed E-state index contributed by atoms with van der Waals surface area (Å²) in [6.45, 7) is 2.19. The molecule has 116 valence electrons. The van der Waals surface area contributed by atoms with Gasteiger partial charge in [-0.3, -0.25) is 9.78 Å². The van der Waals surface area contributed by atoms with Gasteiger partial charge >= 0.3 is 5.97 Å². The van der Waals surface area contributed by atoms with E-state index in [9.17, 15) is 4.79 Å². The first kappa shape index (κ1) is 15.7. The van der Waals surface area contributed by atoms with E-state index in [1.165, 1.54) is 0 Å². The molecule has 0 radical (unpaired) electrons. The van der Waals surface area contributed by atoms with Gasteiger partial charge in [-0.15, -0.1) is 0 Å². The summed E-state index contributed by atoms with van der Waals surface area (Å²) in [4.78, 5) is 16.4. The second-order valence-corrected chi connectivity index (χ2v) is 6.08. The molecule has 0 saturated heterocycles. The normalized spacial score (nSPS) is 10.7. The number of rotatable bonds is 4. The first-order chi connectivity index (χ1) is 11.2. The van der Waals surface area contributed by atoms with E-state index in [1.54, 1.807) is 6.20 Å². The average molecular weight is 370 g/mol. The van der Waals surface area contributed by atoms with Crippen LogP contribution in [0.25, 0.3) is 22.0 Å². The van der Waals surface area contributed by atoms with Crippen LogP contribution in [0.15, 0.2) is 59.2 Å². The Labute approximate surface area is 143 Å². The molecule has 0 bridgehead atoms. The highest BCUT2D eigenvalue weighted by Crippen LogP contribution is 2.32. The maximum atomic E-state index is 11.9. The van der Waals surface area contributed by atoms with E-state index in [0.717, 1.165) is 32.1 Å². The van der Waals surface area contributed by atoms with Crippen molar-refractivity contribution in [2.24, 2.45) is 0 Å². The summed E-state index contributed by atoms with van der Waals surface area (Å²) in [5.74, 6) is -0.235. The Morgan fingerprint density at radius 1 is 1.17 bits per heavy atom. The number of fused-ring (bicyclic) bond motifs is 1. The molecule has 0 spiro atoms. The summed E-state index contributed by atoms with van der Waals surface area (Å²) in [5.41, 5.74) is 3.87. The number of nitrogens with zero attached hydrogens (tertiary/aromatic N) is 1. The van der Waals surface area contributed by atoms with Gasteiger partial charge in [-0.1, -0.05) is 46.3 Å². The lowest BCUT2D eigenvalue weighted by Gasteiger charge is -2.13. The Bertz CT molecular complexity index is 861. The largest absolute Gasteiger partial charge is 0.466 e. The van der Waals surface area contributed by atoms with Gasteiger partial charge < -0.3 is 4.74 Å². The molecular formula is C19H16BrNO2. The van der Waals surface area contributed by atoms with Crippen LogP contribution < -0.4 is 0 Å². The smallest absolute Gasteiger partial charge is 0.310 e. The fourth-order valence-electron chi connectivity index (χ4n) is 2.67. The molecule has 0 unspecified atom stereocenters. The number of para-hydroxylation sites is 1. The molecule has 3 aromatic rings. The van der Waals surface area contributed by atoms with Crippen molar-refractivity contribution in [2.75, 3.05) is 6.61 Å². The van der Waals surface area contributed by atoms with Crippen LogP contribution >= 0.6 is 15.9 Å². The van der Waals surface area contributed by atoms with Gasteiger partial charge in [-0.05, 0) is 41.8 Å². The van der Waals surface area contributed by atoms with Crippen molar-refractivity contribution in [2.45, 2.75) is 13.3 Å². The van der Waals surface area contributed by atoms with E-state index in [-0.39, 0.29) is 12.4 Å².